The normalized spacial score (nSPS) is 19.8. The minimum Gasteiger partial charge on any atom is -0.297 e. The minimum atomic E-state index is 0.429. The molecule has 1 aliphatic heterocycles. The zero-order valence-corrected chi connectivity index (χ0v) is 10.8. The monoisotopic (exact) mass is 198 g/mol. The molecule has 0 saturated carbocycles. The van der Waals surface area contributed by atoms with Crippen molar-refractivity contribution in [2.24, 2.45) is 5.41 Å². The first-order valence-electron chi connectivity index (χ1n) is 5.97. The van der Waals surface area contributed by atoms with E-state index < -0.39 is 0 Å². The van der Waals surface area contributed by atoms with Gasteiger partial charge in [0, 0.05) is 18.3 Å². The summed E-state index contributed by atoms with van der Waals surface area (Å²) in [7, 11) is 0. The van der Waals surface area contributed by atoms with Gasteiger partial charge in [-0.3, -0.25) is 4.48 Å². The summed E-state index contributed by atoms with van der Waals surface area (Å²) in [5.74, 6) is 0. The molecular formula is C13H28N+. The maximum absolute atomic E-state index is 3.97. The van der Waals surface area contributed by atoms with Crippen LogP contribution in [-0.4, -0.2) is 24.1 Å². The fourth-order valence-corrected chi connectivity index (χ4v) is 2.32. The lowest BCUT2D eigenvalue weighted by Crippen LogP contribution is -2.45. The van der Waals surface area contributed by atoms with Crippen LogP contribution in [0.4, 0.5) is 0 Å². The smallest absolute Gasteiger partial charge is 0.0885 e. The summed E-state index contributed by atoms with van der Waals surface area (Å²) in [6.45, 7) is 18.8. The molecule has 0 aromatic carbocycles. The van der Waals surface area contributed by atoms with E-state index in [2.05, 4.69) is 33.6 Å². The molecule has 0 amide bonds. The van der Waals surface area contributed by atoms with E-state index in [0.717, 1.165) is 4.48 Å². The Morgan fingerprint density at radius 3 is 1.86 bits per heavy atom. The third kappa shape index (κ3) is 4.28. The highest BCUT2D eigenvalue weighted by Gasteiger charge is 2.33. The minimum absolute atomic E-state index is 0.429. The van der Waals surface area contributed by atoms with E-state index in [1.54, 1.807) is 0 Å². The van der Waals surface area contributed by atoms with Crippen LogP contribution in [0, 0.1) is 5.41 Å². The Morgan fingerprint density at radius 1 is 1.14 bits per heavy atom. The Balaban J connectivity index is 0.000000791. The molecule has 0 radical (unpaired) electrons. The molecule has 0 aliphatic carbocycles. The van der Waals surface area contributed by atoms with Crippen LogP contribution in [-0.2, 0) is 0 Å². The summed E-state index contributed by atoms with van der Waals surface area (Å²) >= 11 is 0. The van der Waals surface area contributed by atoms with Crippen molar-refractivity contribution in [2.75, 3.05) is 19.6 Å². The molecule has 0 aromatic rings. The van der Waals surface area contributed by atoms with Gasteiger partial charge in [0.05, 0.1) is 25.8 Å². The molecule has 1 heterocycles. The molecule has 14 heavy (non-hydrogen) atoms. The van der Waals surface area contributed by atoms with Gasteiger partial charge in [0.2, 0.25) is 0 Å². The van der Waals surface area contributed by atoms with Gasteiger partial charge in [-0.15, -0.1) is 0 Å². The molecule has 1 heteroatoms. The van der Waals surface area contributed by atoms with Gasteiger partial charge in [-0.05, 0) is 6.58 Å². The summed E-state index contributed by atoms with van der Waals surface area (Å²) in [6, 6.07) is 0. The number of hydrogen-bond acceptors (Lipinski definition) is 0. The fourth-order valence-electron chi connectivity index (χ4n) is 2.32. The Morgan fingerprint density at radius 2 is 1.57 bits per heavy atom. The largest absolute Gasteiger partial charge is 0.297 e. The number of quaternary nitrogens is 1. The highest BCUT2D eigenvalue weighted by Crippen LogP contribution is 2.27. The van der Waals surface area contributed by atoms with Gasteiger partial charge >= 0.3 is 0 Å². The van der Waals surface area contributed by atoms with E-state index >= 15 is 0 Å². The Labute approximate surface area is 90.4 Å². The molecule has 0 N–H and O–H groups in total. The molecule has 1 nitrogen and oxygen atoms in total. The van der Waals surface area contributed by atoms with Gasteiger partial charge < -0.3 is 0 Å². The van der Waals surface area contributed by atoms with Crippen LogP contribution in [0.25, 0.3) is 0 Å². The van der Waals surface area contributed by atoms with Crippen molar-refractivity contribution in [3.8, 4) is 0 Å². The lowest BCUT2D eigenvalue weighted by Gasteiger charge is -2.35. The van der Waals surface area contributed by atoms with E-state index in [0.29, 0.717) is 5.41 Å². The van der Waals surface area contributed by atoms with Crippen LogP contribution in [0.5, 0.6) is 0 Å². The van der Waals surface area contributed by atoms with E-state index in [1.165, 1.54) is 32.5 Å². The summed E-state index contributed by atoms with van der Waals surface area (Å²) < 4.78 is 1.14. The van der Waals surface area contributed by atoms with Crippen LogP contribution in [0.2, 0.25) is 0 Å². The zero-order valence-electron chi connectivity index (χ0n) is 10.8. The zero-order chi connectivity index (χ0) is 11.2. The van der Waals surface area contributed by atoms with Crippen LogP contribution < -0.4 is 0 Å². The molecular weight excluding hydrogens is 170 g/mol. The maximum atomic E-state index is 3.97. The predicted octanol–water partition coefficient (Wildman–Crippen LogP) is 3.81. The Kier molecular flexibility index (Phi) is 5.43. The molecule has 1 fully saturated rings. The second kappa shape index (κ2) is 5.55. The lowest BCUT2D eigenvalue weighted by molar-refractivity contribution is -0.873. The summed E-state index contributed by atoms with van der Waals surface area (Å²) in [4.78, 5) is 0. The molecule has 1 saturated heterocycles. The topological polar surface area (TPSA) is 0 Å². The van der Waals surface area contributed by atoms with Crippen molar-refractivity contribution in [3.05, 3.63) is 12.8 Å². The molecule has 1 rings (SSSR count). The third-order valence-corrected chi connectivity index (χ3v) is 2.63. The van der Waals surface area contributed by atoms with Crippen LogP contribution in [0.1, 0.15) is 47.5 Å². The third-order valence-electron chi connectivity index (χ3n) is 2.63. The van der Waals surface area contributed by atoms with Crippen LogP contribution >= 0.6 is 0 Å². The van der Waals surface area contributed by atoms with Gasteiger partial charge in [-0.1, -0.05) is 34.6 Å². The molecule has 84 valence electrons. The van der Waals surface area contributed by atoms with Crippen molar-refractivity contribution in [1.29, 1.82) is 0 Å². The molecule has 0 bridgehead atoms. The molecule has 0 spiro atoms. The number of nitrogens with zero attached hydrogens (tertiary/aromatic N) is 1. The average Bonchev–Trinajstić information content (AvgIpc) is 2.55. The van der Waals surface area contributed by atoms with E-state index in [4.69, 9.17) is 0 Å². The van der Waals surface area contributed by atoms with E-state index in [-0.39, 0.29) is 0 Å². The van der Waals surface area contributed by atoms with Crippen molar-refractivity contribution < 1.29 is 4.48 Å². The molecule has 0 unspecified atom stereocenters. The number of hydrogen-bond donors (Lipinski definition) is 0. The molecule has 1 aliphatic rings. The van der Waals surface area contributed by atoms with Crippen LogP contribution in [0.15, 0.2) is 12.8 Å². The fraction of sp³-hybridized carbons (Fsp3) is 0.846. The quantitative estimate of drug-likeness (QED) is 0.592. The van der Waals surface area contributed by atoms with Crippen LogP contribution in [0.3, 0.4) is 0 Å². The second-order valence-electron chi connectivity index (χ2n) is 5.27. The first kappa shape index (κ1) is 13.7. The second-order valence-corrected chi connectivity index (χ2v) is 5.27. The van der Waals surface area contributed by atoms with Gasteiger partial charge in [0.25, 0.3) is 0 Å². The summed E-state index contributed by atoms with van der Waals surface area (Å²) in [6.07, 6.45) is 4.91. The molecule has 0 atom stereocenters. The standard InChI is InChI=1S/C11H22N.C2H6/c1-5-12(8-6-7-9-12)10-11(2,3)4;1-2/h5H,1,6-10H2,2-4H3;1-2H3/q+1;. The van der Waals surface area contributed by atoms with Crippen molar-refractivity contribution >= 4 is 0 Å². The van der Waals surface area contributed by atoms with Gasteiger partial charge in [0.15, 0.2) is 0 Å². The van der Waals surface area contributed by atoms with E-state index in [9.17, 15) is 0 Å². The first-order valence-corrected chi connectivity index (χ1v) is 5.97. The molecule has 0 aromatic heterocycles. The highest BCUT2D eigenvalue weighted by molar-refractivity contribution is 4.69. The summed E-state index contributed by atoms with van der Waals surface area (Å²) in [5, 5.41) is 0. The van der Waals surface area contributed by atoms with Crippen molar-refractivity contribution in [1.82, 2.24) is 0 Å². The lowest BCUT2D eigenvalue weighted by atomic mass is 9.95. The summed E-state index contributed by atoms with van der Waals surface area (Å²) in [5.41, 5.74) is 0.429. The Bertz CT molecular complexity index is 159. The van der Waals surface area contributed by atoms with Crippen molar-refractivity contribution in [3.63, 3.8) is 0 Å². The SMILES string of the molecule is C=C[N+]1(CC(C)(C)C)CCCC1.CC. The first-order chi connectivity index (χ1) is 6.47. The predicted molar refractivity (Wildman–Crippen MR) is 65.1 cm³/mol. The number of likely N-dealkylation sites (tertiary alicyclic amines) is 1. The van der Waals surface area contributed by atoms with Crippen molar-refractivity contribution in [2.45, 2.75) is 47.5 Å². The maximum Gasteiger partial charge on any atom is 0.0885 e. The van der Waals surface area contributed by atoms with Gasteiger partial charge in [-0.2, -0.15) is 0 Å². The average molecular weight is 198 g/mol. The highest BCUT2D eigenvalue weighted by atomic mass is 15.4. The van der Waals surface area contributed by atoms with E-state index in [1.807, 2.05) is 13.8 Å². The van der Waals surface area contributed by atoms with Gasteiger partial charge in [-0.25, -0.2) is 0 Å². The van der Waals surface area contributed by atoms with Gasteiger partial charge in [0.1, 0.15) is 0 Å². The Hall–Kier alpha value is -0.300. The number of rotatable bonds is 2.